The fourth-order valence-corrected chi connectivity index (χ4v) is 1.96. The van der Waals surface area contributed by atoms with Gasteiger partial charge in [0, 0.05) is 17.3 Å². The van der Waals surface area contributed by atoms with Crippen LogP contribution in [0.5, 0.6) is 0 Å². The van der Waals surface area contributed by atoms with E-state index in [1.165, 1.54) is 6.07 Å². The van der Waals surface area contributed by atoms with E-state index in [-0.39, 0.29) is 5.56 Å². The lowest BCUT2D eigenvalue weighted by atomic mass is 9.98. The van der Waals surface area contributed by atoms with Crippen molar-refractivity contribution in [2.24, 2.45) is 0 Å². The first-order chi connectivity index (χ1) is 8.99. The maximum absolute atomic E-state index is 13.6. The van der Waals surface area contributed by atoms with Crippen LogP contribution >= 0.6 is 0 Å². The molecule has 0 radical (unpaired) electrons. The number of rotatable bonds is 1. The Balaban J connectivity index is 0.000000861. The highest BCUT2D eigenvalue weighted by atomic mass is 19.3. The number of hydrogen-bond acceptors (Lipinski definition) is 1. The monoisotopic (exact) mass is 267 g/mol. The fraction of sp³-hybridized carbons (Fsp3) is 0.200. The number of nitrogens with two attached hydrogens (primary N) is 1. The molecule has 1 nitrogen and oxygen atoms in total. The van der Waals surface area contributed by atoms with Gasteiger partial charge in [0.2, 0.25) is 0 Å². The zero-order chi connectivity index (χ0) is 14.6. The Bertz CT molecular complexity index is 614. The molecule has 2 aromatic carbocycles. The van der Waals surface area contributed by atoms with Crippen LogP contribution in [0.1, 0.15) is 25.0 Å². The molecule has 2 N–H and O–H groups in total. The van der Waals surface area contributed by atoms with E-state index in [1.54, 1.807) is 19.1 Å². The van der Waals surface area contributed by atoms with Gasteiger partial charge in [-0.2, -0.15) is 8.78 Å². The molecule has 0 heterocycles. The molecule has 2 aromatic rings. The second-order valence-corrected chi connectivity index (χ2v) is 3.83. The van der Waals surface area contributed by atoms with Gasteiger partial charge in [-0.3, -0.25) is 0 Å². The average molecular weight is 267 g/mol. The van der Waals surface area contributed by atoms with Gasteiger partial charge in [-0.25, -0.2) is 4.39 Å². The van der Waals surface area contributed by atoms with Crippen molar-refractivity contribution < 1.29 is 13.2 Å². The minimum atomic E-state index is -1.92. The number of nitrogen functional groups attached to an aromatic ring is 1. The SMILES string of the molecule is CC.Cc1cc(N)cc2ccc(F)c(C=C(F)F)c12. The Hall–Kier alpha value is -1.97. The molecule has 102 valence electrons. The Morgan fingerprint density at radius 2 is 1.79 bits per heavy atom. The molecule has 0 unspecified atom stereocenters. The van der Waals surface area contributed by atoms with Crippen LogP contribution in [0.2, 0.25) is 0 Å². The van der Waals surface area contributed by atoms with E-state index < -0.39 is 11.9 Å². The van der Waals surface area contributed by atoms with Gasteiger partial charge in [0.15, 0.2) is 0 Å². The molecule has 0 aliphatic carbocycles. The van der Waals surface area contributed by atoms with Gasteiger partial charge in [-0.05, 0) is 41.5 Å². The minimum absolute atomic E-state index is 0.0972. The summed E-state index contributed by atoms with van der Waals surface area (Å²) in [5.74, 6) is -0.668. The third kappa shape index (κ3) is 3.28. The Kier molecular flexibility index (Phi) is 4.98. The standard InChI is InChI=1S/C13H10F3N.C2H6/c1-7-4-9(17)5-8-2-3-11(14)10(13(7)8)6-12(15)16;1-2/h2-6H,17H2,1H3;1-2H3. The second-order valence-electron chi connectivity index (χ2n) is 3.83. The Morgan fingerprint density at radius 1 is 1.16 bits per heavy atom. The smallest absolute Gasteiger partial charge is 0.271 e. The van der Waals surface area contributed by atoms with Crippen molar-refractivity contribution in [1.82, 2.24) is 0 Å². The van der Waals surface area contributed by atoms with E-state index >= 15 is 0 Å². The molecular weight excluding hydrogens is 251 g/mol. The zero-order valence-electron chi connectivity index (χ0n) is 11.1. The van der Waals surface area contributed by atoms with Gasteiger partial charge in [0.1, 0.15) is 5.82 Å². The van der Waals surface area contributed by atoms with Gasteiger partial charge in [-0.1, -0.05) is 19.9 Å². The summed E-state index contributed by atoms with van der Waals surface area (Å²) in [5.41, 5.74) is 6.76. The van der Waals surface area contributed by atoms with Crippen molar-refractivity contribution in [2.45, 2.75) is 20.8 Å². The predicted molar refractivity (Wildman–Crippen MR) is 74.6 cm³/mol. The maximum Gasteiger partial charge on any atom is 0.271 e. The third-order valence-corrected chi connectivity index (χ3v) is 2.58. The summed E-state index contributed by atoms with van der Waals surface area (Å²) in [5, 5.41) is 1.11. The number of benzene rings is 2. The lowest BCUT2D eigenvalue weighted by Crippen LogP contribution is -1.92. The first-order valence-electron chi connectivity index (χ1n) is 6.00. The van der Waals surface area contributed by atoms with Crippen LogP contribution in [0.15, 0.2) is 30.3 Å². The first-order valence-corrected chi connectivity index (χ1v) is 6.00. The molecule has 0 atom stereocenters. The second kappa shape index (κ2) is 6.27. The van der Waals surface area contributed by atoms with Crippen LogP contribution < -0.4 is 5.73 Å². The molecule has 0 spiro atoms. The van der Waals surface area contributed by atoms with Crippen LogP contribution in [-0.2, 0) is 0 Å². The number of anilines is 1. The third-order valence-electron chi connectivity index (χ3n) is 2.58. The molecule has 19 heavy (non-hydrogen) atoms. The Labute approximate surface area is 110 Å². The molecule has 2 rings (SSSR count). The summed E-state index contributed by atoms with van der Waals surface area (Å²) in [7, 11) is 0. The van der Waals surface area contributed by atoms with E-state index in [4.69, 9.17) is 5.73 Å². The summed E-state index contributed by atoms with van der Waals surface area (Å²) in [6.45, 7) is 5.71. The van der Waals surface area contributed by atoms with Gasteiger partial charge in [-0.15, -0.1) is 0 Å². The van der Waals surface area contributed by atoms with Crippen LogP contribution in [-0.4, -0.2) is 0 Å². The lowest BCUT2D eigenvalue weighted by molar-refractivity contribution is 0.429. The number of hydrogen-bond donors (Lipinski definition) is 1. The molecule has 0 aliphatic heterocycles. The van der Waals surface area contributed by atoms with Crippen molar-refractivity contribution in [3.05, 3.63) is 47.3 Å². The molecule has 0 aromatic heterocycles. The van der Waals surface area contributed by atoms with Gasteiger partial charge < -0.3 is 5.73 Å². The normalized spacial score (nSPS) is 9.79. The average Bonchev–Trinajstić information content (AvgIpc) is 2.34. The van der Waals surface area contributed by atoms with E-state index in [0.717, 1.165) is 6.07 Å². The topological polar surface area (TPSA) is 26.0 Å². The van der Waals surface area contributed by atoms with Crippen LogP contribution in [0.25, 0.3) is 16.8 Å². The highest BCUT2D eigenvalue weighted by Crippen LogP contribution is 2.29. The van der Waals surface area contributed by atoms with E-state index in [0.29, 0.717) is 28.1 Å². The van der Waals surface area contributed by atoms with Gasteiger partial charge in [0.05, 0.1) is 0 Å². The largest absolute Gasteiger partial charge is 0.399 e. The van der Waals surface area contributed by atoms with E-state index in [2.05, 4.69) is 0 Å². The van der Waals surface area contributed by atoms with Crippen LogP contribution in [0.3, 0.4) is 0 Å². The molecule has 0 aliphatic rings. The zero-order valence-corrected chi connectivity index (χ0v) is 11.1. The molecule has 0 fully saturated rings. The van der Waals surface area contributed by atoms with Crippen molar-refractivity contribution in [3.8, 4) is 0 Å². The van der Waals surface area contributed by atoms with Crippen molar-refractivity contribution in [2.75, 3.05) is 5.73 Å². The van der Waals surface area contributed by atoms with E-state index in [9.17, 15) is 13.2 Å². The summed E-state index contributed by atoms with van der Waals surface area (Å²) in [6, 6.07) is 5.96. The molecular formula is C15H16F3N. The van der Waals surface area contributed by atoms with Gasteiger partial charge >= 0.3 is 0 Å². The number of halogens is 3. The summed E-state index contributed by atoms with van der Waals surface area (Å²) < 4.78 is 38.2. The van der Waals surface area contributed by atoms with E-state index in [1.807, 2.05) is 13.8 Å². The summed E-state index contributed by atoms with van der Waals surface area (Å²) in [4.78, 5) is 0. The van der Waals surface area contributed by atoms with Gasteiger partial charge in [0.25, 0.3) is 6.08 Å². The molecule has 0 saturated heterocycles. The minimum Gasteiger partial charge on any atom is -0.399 e. The molecule has 0 amide bonds. The van der Waals surface area contributed by atoms with Crippen LogP contribution in [0, 0.1) is 12.7 Å². The highest BCUT2D eigenvalue weighted by molar-refractivity contribution is 5.95. The lowest BCUT2D eigenvalue weighted by Gasteiger charge is -2.08. The molecule has 0 bridgehead atoms. The molecule has 0 saturated carbocycles. The number of aryl methyl sites for hydroxylation is 1. The van der Waals surface area contributed by atoms with Crippen molar-refractivity contribution in [1.29, 1.82) is 0 Å². The Morgan fingerprint density at radius 3 is 2.37 bits per heavy atom. The highest BCUT2D eigenvalue weighted by Gasteiger charge is 2.10. The van der Waals surface area contributed by atoms with Crippen LogP contribution in [0.4, 0.5) is 18.9 Å². The summed E-state index contributed by atoms with van der Waals surface area (Å²) in [6.07, 6.45) is -1.38. The quantitative estimate of drug-likeness (QED) is 0.712. The predicted octanol–water partition coefficient (Wildman–Crippen LogP) is 5.13. The number of fused-ring (bicyclic) bond motifs is 1. The van der Waals surface area contributed by atoms with Crippen molar-refractivity contribution in [3.63, 3.8) is 0 Å². The maximum atomic E-state index is 13.6. The first kappa shape index (κ1) is 15.1. The van der Waals surface area contributed by atoms with Crippen molar-refractivity contribution >= 4 is 22.5 Å². The summed E-state index contributed by atoms with van der Waals surface area (Å²) >= 11 is 0. The fourth-order valence-electron chi connectivity index (χ4n) is 1.96. The molecule has 4 heteroatoms.